The molecule has 35 heavy (non-hydrogen) atoms. The molecule has 4 rings (SSSR count). The highest BCUT2D eigenvalue weighted by Gasteiger charge is 2.22. The summed E-state index contributed by atoms with van der Waals surface area (Å²) in [4.78, 5) is 24.2. The molecular weight excluding hydrogens is 464 g/mol. The van der Waals surface area contributed by atoms with Gasteiger partial charge in [0.05, 0.1) is 10.5 Å². The number of benzene rings is 2. The molecule has 174 valence electrons. The summed E-state index contributed by atoms with van der Waals surface area (Å²) in [6.45, 7) is 0.241. The molecule has 0 fully saturated rings. The van der Waals surface area contributed by atoms with Crippen LogP contribution in [0.25, 0.3) is 6.08 Å². The number of nitrogens with zero attached hydrogens (tertiary/aromatic N) is 3. The average Bonchev–Trinajstić information content (AvgIpc) is 3.23. The number of thiophene rings is 1. The number of anilines is 1. The lowest BCUT2D eigenvalue weighted by molar-refractivity contribution is -0.384. The van der Waals surface area contributed by atoms with Gasteiger partial charge in [-0.05, 0) is 72.7 Å². The maximum Gasteiger partial charge on any atom is 0.269 e. The van der Waals surface area contributed by atoms with Crippen LogP contribution in [0.15, 0.2) is 54.1 Å². The number of nitriles is 2. The normalized spacial score (nSPS) is 12.7. The Morgan fingerprint density at radius 1 is 1.11 bits per heavy atom. The number of carbonyl (C=O) groups is 1. The molecule has 3 aromatic rings. The number of nitrogens with one attached hydrogen (secondary N) is 1. The van der Waals surface area contributed by atoms with Crippen molar-refractivity contribution in [3.8, 4) is 17.9 Å². The van der Waals surface area contributed by atoms with Crippen molar-refractivity contribution in [2.75, 3.05) is 5.32 Å². The van der Waals surface area contributed by atoms with Crippen LogP contribution in [0.1, 0.15) is 40.0 Å². The van der Waals surface area contributed by atoms with E-state index in [0.717, 1.165) is 41.7 Å². The Bertz CT molecular complexity index is 1380. The topological polar surface area (TPSA) is 129 Å². The van der Waals surface area contributed by atoms with E-state index in [4.69, 9.17) is 4.74 Å². The van der Waals surface area contributed by atoms with Gasteiger partial charge in [0.2, 0.25) is 0 Å². The first-order valence-electron chi connectivity index (χ1n) is 10.9. The van der Waals surface area contributed by atoms with E-state index in [-0.39, 0.29) is 17.9 Å². The van der Waals surface area contributed by atoms with E-state index < -0.39 is 10.8 Å². The minimum absolute atomic E-state index is 0.0183. The fourth-order valence-corrected chi connectivity index (χ4v) is 5.03. The standard InChI is InChI=1S/C26H20N4O4S/c27-14-19(25(31)29-26-23(15-28)22-3-1-2-4-24(22)35-26)13-17-7-11-21(12-8-17)34-16-18-5-9-20(10-6-18)30(32)33/h5-13H,1-4,16H2,(H,29,31)/b19-13+. The number of carbonyl (C=O) groups excluding carboxylic acids is 1. The molecule has 0 radical (unpaired) electrons. The summed E-state index contributed by atoms with van der Waals surface area (Å²) in [7, 11) is 0. The Labute approximate surface area is 205 Å². The Balaban J connectivity index is 1.41. The van der Waals surface area contributed by atoms with E-state index in [1.54, 1.807) is 36.4 Å². The lowest BCUT2D eigenvalue weighted by Gasteiger charge is -2.09. The highest BCUT2D eigenvalue weighted by atomic mass is 32.1. The second kappa shape index (κ2) is 10.6. The molecule has 1 N–H and O–H groups in total. The molecule has 2 aromatic carbocycles. The van der Waals surface area contributed by atoms with Gasteiger partial charge in [-0.1, -0.05) is 12.1 Å². The Morgan fingerprint density at radius 2 is 1.83 bits per heavy atom. The van der Waals surface area contributed by atoms with Gasteiger partial charge < -0.3 is 10.1 Å². The highest BCUT2D eigenvalue weighted by molar-refractivity contribution is 7.16. The van der Waals surface area contributed by atoms with Crippen LogP contribution < -0.4 is 10.1 Å². The summed E-state index contributed by atoms with van der Waals surface area (Å²) in [6, 6.07) is 17.1. The van der Waals surface area contributed by atoms with Crippen molar-refractivity contribution in [2.45, 2.75) is 32.3 Å². The van der Waals surface area contributed by atoms with Crippen LogP contribution in [0.5, 0.6) is 5.75 Å². The van der Waals surface area contributed by atoms with Gasteiger partial charge in [0.1, 0.15) is 35.1 Å². The zero-order valence-electron chi connectivity index (χ0n) is 18.6. The number of ether oxygens (including phenoxy) is 1. The van der Waals surface area contributed by atoms with Crippen molar-refractivity contribution in [1.29, 1.82) is 10.5 Å². The van der Waals surface area contributed by atoms with Crippen molar-refractivity contribution in [3.63, 3.8) is 0 Å². The SMILES string of the molecule is N#C/C(=C\c1ccc(OCc2ccc([N+](=O)[O-])cc2)cc1)C(=O)Nc1sc2c(c1C#N)CCCC2. The van der Waals surface area contributed by atoms with Gasteiger partial charge in [-0.15, -0.1) is 11.3 Å². The molecule has 1 amide bonds. The summed E-state index contributed by atoms with van der Waals surface area (Å²) >= 11 is 1.42. The van der Waals surface area contributed by atoms with E-state index in [1.165, 1.54) is 29.5 Å². The third kappa shape index (κ3) is 5.55. The van der Waals surface area contributed by atoms with E-state index in [9.17, 15) is 25.4 Å². The fourth-order valence-electron chi connectivity index (χ4n) is 3.80. The first-order valence-corrected chi connectivity index (χ1v) is 11.7. The fraction of sp³-hybridized carbons (Fsp3) is 0.192. The van der Waals surface area contributed by atoms with Crippen molar-refractivity contribution in [2.24, 2.45) is 0 Å². The third-order valence-corrected chi connectivity index (χ3v) is 6.83. The number of fused-ring (bicyclic) bond motifs is 1. The van der Waals surface area contributed by atoms with Gasteiger partial charge in [-0.25, -0.2) is 0 Å². The molecule has 0 saturated carbocycles. The molecule has 1 aromatic heterocycles. The van der Waals surface area contributed by atoms with Crippen LogP contribution in [0.4, 0.5) is 10.7 Å². The minimum Gasteiger partial charge on any atom is -0.489 e. The first-order chi connectivity index (χ1) is 17.0. The van der Waals surface area contributed by atoms with Gasteiger partial charge >= 0.3 is 0 Å². The molecule has 1 aliphatic rings. The van der Waals surface area contributed by atoms with Gasteiger partial charge in [0.25, 0.3) is 11.6 Å². The zero-order valence-corrected chi connectivity index (χ0v) is 19.4. The molecule has 8 nitrogen and oxygen atoms in total. The Kier molecular flexibility index (Phi) is 7.20. The average molecular weight is 485 g/mol. The number of aryl methyl sites for hydroxylation is 1. The Hall–Kier alpha value is -4.47. The maximum atomic E-state index is 12.7. The number of hydrogen-bond acceptors (Lipinski definition) is 7. The summed E-state index contributed by atoms with van der Waals surface area (Å²) in [5.74, 6) is 0.0207. The molecule has 0 spiro atoms. The predicted octanol–water partition coefficient (Wildman–Crippen LogP) is 5.53. The monoisotopic (exact) mass is 484 g/mol. The van der Waals surface area contributed by atoms with E-state index in [0.29, 0.717) is 21.9 Å². The van der Waals surface area contributed by atoms with Gasteiger partial charge in [0.15, 0.2) is 0 Å². The first kappa shape index (κ1) is 23.7. The molecule has 9 heteroatoms. The number of nitro groups is 1. The predicted molar refractivity (Wildman–Crippen MR) is 132 cm³/mol. The summed E-state index contributed by atoms with van der Waals surface area (Å²) < 4.78 is 5.71. The van der Waals surface area contributed by atoms with E-state index in [2.05, 4.69) is 11.4 Å². The smallest absolute Gasteiger partial charge is 0.269 e. The summed E-state index contributed by atoms with van der Waals surface area (Å²) in [6.07, 6.45) is 5.33. The van der Waals surface area contributed by atoms with Crippen molar-refractivity contribution in [1.82, 2.24) is 0 Å². The highest BCUT2D eigenvalue weighted by Crippen LogP contribution is 2.37. The molecular formula is C26H20N4O4S. The minimum atomic E-state index is -0.555. The molecule has 0 unspecified atom stereocenters. The quantitative estimate of drug-likeness (QED) is 0.203. The number of rotatable bonds is 7. The Morgan fingerprint density at radius 3 is 2.49 bits per heavy atom. The third-order valence-electron chi connectivity index (χ3n) is 5.62. The van der Waals surface area contributed by atoms with E-state index >= 15 is 0 Å². The van der Waals surface area contributed by atoms with Gasteiger partial charge in [0, 0.05) is 17.0 Å². The van der Waals surface area contributed by atoms with Crippen molar-refractivity contribution in [3.05, 3.63) is 91.3 Å². The van der Waals surface area contributed by atoms with Gasteiger partial charge in [-0.2, -0.15) is 10.5 Å². The summed E-state index contributed by atoms with van der Waals surface area (Å²) in [5, 5.41) is 33.1. The number of nitro benzene ring substituents is 1. The molecule has 1 heterocycles. The lowest BCUT2D eigenvalue weighted by atomic mass is 9.96. The number of amides is 1. The van der Waals surface area contributed by atoms with Crippen molar-refractivity contribution < 1.29 is 14.5 Å². The second-order valence-corrected chi connectivity index (χ2v) is 9.04. The molecule has 0 saturated heterocycles. The lowest BCUT2D eigenvalue weighted by Crippen LogP contribution is -2.13. The van der Waals surface area contributed by atoms with Crippen molar-refractivity contribution >= 4 is 34.0 Å². The molecule has 0 aliphatic heterocycles. The zero-order chi connectivity index (χ0) is 24.8. The molecule has 0 bridgehead atoms. The number of hydrogen-bond donors (Lipinski definition) is 1. The maximum absolute atomic E-state index is 12.7. The van der Waals surface area contributed by atoms with Crippen LogP contribution in [0, 0.1) is 32.8 Å². The summed E-state index contributed by atoms with van der Waals surface area (Å²) in [5.41, 5.74) is 2.90. The second-order valence-electron chi connectivity index (χ2n) is 7.93. The largest absolute Gasteiger partial charge is 0.489 e. The van der Waals surface area contributed by atoms with Crippen LogP contribution in [-0.2, 0) is 24.2 Å². The molecule has 1 aliphatic carbocycles. The number of non-ortho nitro benzene ring substituents is 1. The molecule has 0 atom stereocenters. The van der Waals surface area contributed by atoms with Crippen LogP contribution in [0.3, 0.4) is 0 Å². The van der Waals surface area contributed by atoms with Gasteiger partial charge in [-0.3, -0.25) is 14.9 Å². The van der Waals surface area contributed by atoms with Crippen LogP contribution in [0.2, 0.25) is 0 Å². The van der Waals surface area contributed by atoms with Crippen LogP contribution in [-0.4, -0.2) is 10.8 Å². The van der Waals surface area contributed by atoms with Crippen LogP contribution >= 0.6 is 11.3 Å². The van der Waals surface area contributed by atoms with E-state index in [1.807, 2.05) is 6.07 Å².